The third kappa shape index (κ3) is 4.13. The molecular formula is C16H21F3N2O3S. The van der Waals surface area contributed by atoms with Gasteiger partial charge in [0.05, 0.1) is 10.8 Å². The van der Waals surface area contributed by atoms with E-state index >= 15 is 0 Å². The summed E-state index contributed by atoms with van der Waals surface area (Å²) in [4.78, 5) is 16.0. The average Bonchev–Trinajstić information content (AvgIpc) is 2.55. The topological polar surface area (TPSA) is 76.1 Å². The van der Waals surface area contributed by atoms with Gasteiger partial charge in [0, 0.05) is 6.20 Å². The van der Waals surface area contributed by atoms with Gasteiger partial charge < -0.3 is 5.32 Å². The van der Waals surface area contributed by atoms with E-state index in [4.69, 9.17) is 0 Å². The average molecular weight is 378 g/mol. The second-order valence-electron chi connectivity index (χ2n) is 6.70. The van der Waals surface area contributed by atoms with Gasteiger partial charge in [-0.25, -0.2) is 13.4 Å². The molecule has 9 heteroatoms. The largest absolute Gasteiger partial charge is 0.417 e. The molecule has 0 aliphatic heterocycles. The van der Waals surface area contributed by atoms with Crippen molar-refractivity contribution in [3.8, 4) is 0 Å². The van der Waals surface area contributed by atoms with E-state index in [1.807, 2.05) is 0 Å². The molecule has 1 aliphatic carbocycles. The van der Waals surface area contributed by atoms with Crippen LogP contribution in [0.5, 0.6) is 0 Å². The van der Waals surface area contributed by atoms with E-state index in [-0.39, 0.29) is 5.82 Å². The van der Waals surface area contributed by atoms with E-state index in [0.717, 1.165) is 31.4 Å². The maximum atomic E-state index is 12.8. The van der Waals surface area contributed by atoms with Crippen LogP contribution < -0.4 is 5.32 Å². The molecule has 0 unspecified atom stereocenters. The van der Waals surface area contributed by atoms with Gasteiger partial charge in [0.1, 0.15) is 10.6 Å². The summed E-state index contributed by atoms with van der Waals surface area (Å²) in [6.07, 6.45) is -0.287. The molecular weight excluding hydrogens is 357 g/mol. The van der Waals surface area contributed by atoms with Gasteiger partial charge in [0.25, 0.3) is 0 Å². The molecule has 0 saturated heterocycles. The van der Waals surface area contributed by atoms with Crippen LogP contribution in [0.25, 0.3) is 0 Å². The van der Waals surface area contributed by atoms with Crippen LogP contribution in [-0.4, -0.2) is 29.3 Å². The minimum atomic E-state index is -4.53. The SMILES string of the molecule is CC(C)(C(=O)Nc1ccc(C(F)(F)F)cn1)S(=O)(=O)C1CCCCC1. The van der Waals surface area contributed by atoms with Crippen LogP contribution in [0, 0.1) is 0 Å². The van der Waals surface area contributed by atoms with Gasteiger partial charge in [-0.1, -0.05) is 19.3 Å². The minimum Gasteiger partial charge on any atom is -0.309 e. The van der Waals surface area contributed by atoms with E-state index in [1.54, 1.807) is 0 Å². The summed E-state index contributed by atoms with van der Waals surface area (Å²) in [5.74, 6) is -0.921. The van der Waals surface area contributed by atoms with E-state index in [1.165, 1.54) is 13.8 Å². The van der Waals surface area contributed by atoms with Crippen molar-refractivity contribution in [1.82, 2.24) is 4.98 Å². The van der Waals surface area contributed by atoms with Crippen molar-refractivity contribution in [2.45, 2.75) is 62.1 Å². The molecule has 25 heavy (non-hydrogen) atoms. The van der Waals surface area contributed by atoms with Crippen LogP contribution in [0.2, 0.25) is 0 Å². The van der Waals surface area contributed by atoms with Crippen LogP contribution >= 0.6 is 0 Å². The molecule has 1 aromatic heterocycles. The Labute approximate surface area is 144 Å². The zero-order chi connectivity index (χ0) is 18.9. The van der Waals surface area contributed by atoms with Crippen LogP contribution in [0.3, 0.4) is 0 Å². The fraction of sp³-hybridized carbons (Fsp3) is 0.625. The Hall–Kier alpha value is -1.64. The lowest BCUT2D eigenvalue weighted by Gasteiger charge is -2.31. The normalized spacial score (nSPS) is 17.3. The van der Waals surface area contributed by atoms with Gasteiger partial charge in [0.2, 0.25) is 5.91 Å². The molecule has 1 N–H and O–H groups in total. The number of anilines is 1. The smallest absolute Gasteiger partial charge is 0.309 e. The molecule has 1 amide bonds. The molecule has 0 aromatic carbocycles. The molecule has 0 atom stereocenters. The van der Waals surface area contributed by atoms with Gasteiger partial charge in [-0.3, -0.25) is 4.79 Å². The molecule has 140 valence electrons. The summed E-state index contributed by atoms with van der Waals surface area (Å²) < 4.78 is 61.5. The highest BCUT2D eigenvalue weighted by Crippen LogP contribution is 2.32. The summed E-state index contributed by atoms with van der Waals surface area (Å²) in [5, 5.41) is 1.74. The number of sulfone groups is 1. The first-order valence-electron chi connectivity index (χ1n) is 8.04. The lowest BCUT2D eigenvalue weighted by Crippen LogP contribution is -2.49. The zero-order valence-corrected chi connectivity index (χ0v) is 14.9. The quantitative estimate of drug-likeness (QED) is 0.869. The fourth-order valence-electron chi connectivity index (χ4n) is 2.82. The van der Waals surface area contributed by atoms with Crippen molar-refractivity contribution in [2.24, 2.45) is 0 Å². The number of carbonyl (C=O) groups is 1. The number of carbonyl (C=O) groups excluding carboxylic acids is 1. The molecule has 1 fully saturated rings. The van der Waals surface area contributed by atoms with E-state index in [2.05, 4.69) is 10.3 Å². The van der Waals surface area contributed by atoms with Crippen molar-refractivity contribution >= 4 is 21.6 Å². The standard InChI is InChI=1S/C16H21F3N2O3S/c1-15(2,25(23,24)12-6-4-3-5-7-12)14(22)21-13-9-8-11(10-20-13)16(17,18)19/h8-10,12H,3-7H2,1-2H3,(H,20,21,22). The second kappa shape index (κ2) is 6.93. The van der Waals surface area contributed by atoms with Crippen LogP contribution in [0.15, 0.2) is 18.3 Å². The lowest BCUT2D eigenvalue weighted by molar-refractivity contribution is -0.137. The first-order chi connectivity index (χ1) is 11.5. The van der Waals surface area contributed by atoms with Crippen molar-refractivity contribution in [1.29, 1.82) is 0 Å². The van der Waals surface area contributed by atoms with Gasteiger partial charge in [0.15, 0.2) is 9.84 Å². The van der Waals surface area contributed by atoms with E-state index < -0.39 is 37.5 Å². The predicted octanol–water partition coefficient (Wildman–Crippen LogP) is 3.57. The Morgan fingerprint density at radius 2 is 1.76 bits per heavy atom. The number of rotatable bonds is 4. The number of aromatic nitrogens is 1. The molecule has 1 saturated carbocycles. The molecule has 2 rings (SSSR count). The highest BCUT2D eigenvalue weighted by Gasteiger charge is 2.46. The monoisotopic (exact) mass is 378 g/mol. The first-order valence-corrected chi connectivity index (χ1v) is 9.59. The molecule has 0 bridgehead atoms. The number of amides is 1. The van der Waals surface area contributed by atoms with Gasteiger partial charge in [-0.15, -0.1) is 0 Å². The molecule has 1 aliphatic rings. The summed E-state index contributed by atoms with van der Waals surface area (Å²) in [6, 6.07) is 1.79. The van der Waals surface area contributed by atoms with Gasteiger partial charge in [-0.05, 0) is 38.8 Å². The third-order valence-corrected chi connectivity index (χ3v) is 7.54. The van der Waals surface area contributed by atoms with Crippen molar-refractivity contribution in [3.05, 3.63) is 23.9 Å². The highest BCUT2D eigenvalue weighted by molar-refractivity contribution is 7.94. The Balaban J connectivity index is 2.15. The number of nitrogens with zero attached hydrogens (tertiary/aromatic N) is 1. The van der Waals surface area contributed by atoms with Crippen molar-refractivity contribution in [2.75, 3.05) is 5.32 Å². The summed E-state index contributed by atoms with van der Waals surface area (Å²) in [5.41, 5.74) is -0.945. The molecule has 1 aromatic rings. The molecule has 0 spiro atoms. The fourth-order valence-corrected chi connectivity index (χ4v) is 4.92. The maximum Gasteiger partial charge on any atom is 0.417 e. The minimum absolute atomic E-state index is 0.120. The van der Waals surface area contributed by atoms with Crippen molar-refractivity contribution < 1.29 is 26.4 Å². The van der Waals surface area contributed by atoms with Gasteiger partial charge in [-0.2, -0.15) is 13.2 Å². The van der Waals surface area contributed by atoms with Crippen LogP contribution in [0.1, 0.15) is 51.5 Å². The number of alkyl halides is 3. The third-order valence-electron chi connectivity index (χ3n) is 4.58. The van der Waals surface area contributed by atoms with E-state index in [9.17, 15) is 26.4 Å². The zero-order valence-electron chi connectivity index (χ0n) is 14.1. The Morgan fingerprint density at radius 3 is 2.24 bits per heavy atom. The number of hydrogen-bond acceptors (Lipinski definition) is 4. The summed E-state index contributed by atoms with van der Waals surface area (Å²) in [7, 11) is -3.73. The maximum absolute atomic E-state index is 12.8. The van der Waals surface area contributed by atoms with Crippen LogP contribution in [-0.2, 0) is 20.8 Å². The summed E-state index contributed by atoms with van der Waals surface area (Å²) >= 11 is 0. The number of hydrogen-bond donors (Lipinski definition) is 1. The number of halogens is 3. The van der Waals surface area contributed by atoms with E-state index in [0.29, 0.717) is 19.0 Å². The predicted molar refractivity (Wildman–Crippen MR) is 87.7 cm³/mol. The highest BCUT2D eigenvalue weighted by atomic mass is 32.2. The molecule has 0 radical (unpaired) electrons. The Morgan fingerprint density at radius 1 is 1.16 bits per heavy atom. The lowest BCUT2D eigenvalue weighted by atomic mass is 10.0. The van der Waals surface area contributed by atoms with Gasteiger partial charge >= 0.3 is 6.18 Å². The molecule has 5 nitrogen and oxygen atoms in total. The van der Waals surface area contributed by atoms with Crippen molar-refractivity contribution in [3.63, 3.8) is 0 Å². The Bertz CT molecular complexity index is 722. The number of pyridine rings is 1. The molecule has 1 heterocycles. The summed E-state index contributed by atoms with van der Waals surface area (Å²) in [6.45, 7) is 2.63. The number of nitrogens with one attached hydrogen (secondary N) is 1. The Kier molecular flexibility index (Phi) is 5.46. The van der Waals surface area contributed by atoms with Crippen LogP contribution in [0.4, 0.5) is 19.0 Å². The first kappa shape index (κ1) is 19.7. The second-order valence-corrected chi connectivity index (χ2v) is 9.48.